The van der Waals surface area contributed by atoms with Gasteiger partial charge in [0, 0.05) is 22.1 Å². The van der Waals surface area contributed by atoms with Crippen molar-refractivity contribution in [3.63, 3.8) is 0 Å². The molecule has 1 heterocycles. The second-order valence-electron chi connectivity index (χ2n) is 5.83. The number of halogens is 1. The number of hydrogen-bond acceptors (Lipinski definition) is 4. The van der Waals surface area contributed by atoms with Gasteiger partial charge in [-0.2, -0.15) is 0 Å². The number of aromatic nitrogens is 1. The summed E-state index contributed by atoms with van der Waals surface area (Å²) in [4.78, 5) is 12.5. The molecule has 0 fully saturated rings. The molecule has 0 radical (unpaired) electrons. The molecule has 0 unspecified atom stereocenters. The zero-order valence-electron chi connectivity index (χ0n) is 14.8. The molecule has 2 aromatic carbocycles. The molecule has 0 bridgehead atoms. The molecule has 1 aromatic heterocycles. The van der Waals surface area contributed by atoms with Gasteiger partial charge in [0.05, 0.1) is 12.3 Å². The second-order valence-corrected chi connectivity index (χ2v) is 8.34. The van der Waals surface area contributed by atoms with Crippen LogP contribution < -0.4 is 0 Å². The number of carbonyl (C=O) groups is 1. The Morgan fingerprint density at radius 1 is 1.04 bits per heavy atom. The maximum Gasteiger partial charge on any atom is 0.341 e. The molecule has 0 aliphatic carbocycles. The number of carbonyl (C=O) groups excluding carboxylic acids is 1. The van der Waals surface area contributed by atoms with Crippen LogP contribution in [0, 0.1) is 6.92 Å². The fourth-order valence-corrected chi connectivity index (χ4v) is 4.56. The average molecular weight is 404 g/mol. The fraction of sp³-hybridized carbons (Fsp3) is 0.150. The van der Waals surface area contributed by atoms with E-state index >= 15 is 0 Å². The monoisotopic (exact) mass is 403 g/mol. The molecule has 27 heavy (non-hydrogen) atoms. The lowest BCUT2D eigenvalue weighted by molar-refractivity contribution is 0.0523. The molecule has 0 atom stereocenters. The zero-order valence-corrected chi connectivity index (χ0v) is 16.4. The number of nitrogens with zero attached hydrogens (tertiary/aromatic N) is 1. The predicted molar refractivity (Wildman–Crippen MR) is 105 cm³/mol. The summed E-state index contributed by atoms with van der Waals surface area (Å²) in [5.41, 5.74) is 2.11. The standard InChI is InChI=1S/C20H18ClNO4S/c1-3-26-20(23)17-18(15-10-6-4-7-11-15)22(16-12-8-5-9-13-16)14(2)19(17)27(21,24)25/h4-13H,3H2,1-2H3. The van der Waals surface area contributed by atoms with Gasteiger partial charge in [0.2, 0.25) is 0 Å². The molecule has 0 spiro atoms. The van der Waals surface area contributed by atoms with E-state index in [0.29, 0.717) is 22.6 Å². The zero-order chi connectivity index (χ0) is 19.6. The van der Waals surface area contributed by atoms with Crippen molar-refractivity contribution in [1.29, 1.82) is 0 Å². The second kappa shape index (κ2) is 7.58. The highest BCUT2D eigenvalue weighted by Crippen LogP contribution is 2.38. The lowest BCUT2D eigenvalue weighted by Gasteiger charge is -2.13. The molecule has 140 valence electrons. The van der Waals surface area contributed by atoms with Crippen molar-refractivity contribution in [3.05, 3.63) is 71.9 Å². The Balaban J connectivity index is 2.49. The molecule has 3 rings (SSSR count). The van der Waals surface area contributed by atoms with E-state index in [-0.39, 0.29) is 17.1 Å². The van der Waals surface area contributed by atoms with E-state index in [1.54, 1.807) is 18.4 Å². The summed E-state index contributed by atoms with van der Waals surface area (Å²) in [6.07, 6.45) is 0. The molecular formula is C20H18ClNO4S. The van der Waals surface area contributed by atoms with Crippen LogP contribution in [0.1, 0.15) is 23.0 Å². The third kappa shape index (κ3) is 3.63. The third-order valence-electron chi connectivity index (χ3n) is 4.14. The van der Waals surface area contributed by atoms with E-state index in [9.17, 15) is 13.2 Å². The van der Waals surface area contributed by atoms with Gasteiger partial charge in [0.15, 0.2) is 0 Å². The number of hydrogen-bond donors (Lipinski definition) is 0. The first-order valence-corrected chi connectivity index (χ1v) is 10.6. The minimum absolute atomic E-state index is 0.0561. The Hall–Kier alpha value is -2.57. The highest BCUT2D eigenvalue weighted by molar-refractivity contribution is 8.13. The Morgan fingerprint density at radius 2 is 1.59 bits per heavy atom. The van der Waals surface area contributed by atoms with Gasteiger partial charge in [-0.25, -0.2) is 13.2 Å². The summed E-state index contributed by atoms with van der Waals surface area (Å²) in [5.74, 6) is -0.728. The van der Waals surface area contributed by atoms with Gasteiger partial charge in [-0.05, 0) is 31.5 Å². The van der Waals surface area contributed by atoms with Crippen molar-refractivity contribution in [2.75, 3.05) is 6.61 Å². The predicted octanol–water partition coefficient (Wildman–Crippen LogP) is 4.56. The number of benzene rings is 2. The van der Waals surface area contributed by atoms with Crippen LogP contribution >= 0.6 is 10.7 Å². The van der Waals surface area contributed by atoms with Crippen LogP contribution in [0.3, 0.4) is 0 Å². The number of ether oxygens (including phenoxy) is 1. The smallest absolute Gasteiger partial charge is 0.341 e. The van der Waals surface area contributed by atoms with Gasteiger partial charge in [0.25, 0.3) is 9.05 Å². The molecular weight excluding hydrogens is 386 g/mol. The third-order valence-corrected chi connectivity index (χ3v) is 5.59. The van der Waals surface area contributed by atoms with E-state index < -0.39 is 15.0 Å². The topological polar surface area (TPSA) is 65.4 Å². The lowest BCUT2D eigenvalue weighted by Crippen LogP contribution is -2.09. The van der Waals surface area contributed by atoms with Crippen molar-refractivity contribution in [1.82, 2.24) is 4.57 Å². The Morgan fingerprint density at radius 3 is 2.11 bits per heavy atom. The van der Waals surface area contributed by atoms with Crippen molar-refractivity contribution >= 4 is 25.7 Å². The summed E-state index contributed by atoms with van der Waals surface area (Å²) < 4.78 is 31.6. The maximum atomic E-state index is 12.7. The molecule has 0 aliphatic heterocycles. The normalized spacial score (nSPS) is 11.4. The minimum atomic E-state index is -4.19. The summed E-state index contributed by atoms with van der Waals surface area (Å²) >= 11 is 0. The summed E-state index contributed by atoms with van der Waals surface area (Å²) in [7, 11) is 1.53. The number of rotatable bonds is 5. The molecule has 0 aliphatic rings. The first-order chi connectivity index (χ1) is 12.9. The van der Waals surface area contributed by atoms with Crippen LogP contribution in [0.25, 0.3) is 16.9 Å². The summed E-state index contributed by atoms with van der Waals surface area (Å²) in [6, 6.07) is 18.3. The molecule has 0 amide bonds. The van der Waals surface area contributed by atoms with Crippen LogP contribution in [-0.4, -0.2) is 25.6 Å². The van der Waals surface area contributed by atoms with Crippen LogP contribution in [0.4, 0.5) is 0 Å². The molecule has 5 nitrogen and oxygen atoms in total. The molecule has 0 N–H and O–H groups in total. The van der Waals surface area contributed by atoms with Crippen LogP contribution in [-0.2, 0) is 13.8 Å². The van der Waals surface area contributed by atoms with Crippen LogP contribution in [0.5, 0.6) is 0 Å². The first kappa shape index (κ1) is 19.2. The van der Waals surface area contributed by atoms with E-state index in [1.807, 2.05) is 60.7 Å². The van der Waals surface area contributed by atoms with E-state index in [2.05, 4.69) is 0 Å². The maximum absolute atomic E-state index is 12.7. The first-order valence-electron chi connectivity index (χ1n) is 8.34. The number of esters is 1. The minimum Gasteiger partial charge on any atom is -0.462 e. The fourth-order valence-electron chi connectivity index (χ4n) is 3.13. The Labute approximate surface area is 162 Å². The van der Waals surface area contributed by atoms with Crippen molar-refractivity contribution in [2.45, 2.75) is 18.7 Å². The van der Waals surface area contributed by atoms with Crippen molar-refractivity contribution in [3.8, 4) is 16.9 Å². The lowest BCUT2D eigenvalue weighted by atomic mass is 10.1. The number of para-hydroxylation sites is 1. The van der Waals surface area contributed by atoms with Gasteiger partial charge < -0.3 is 9.30 Å². The average Bonchev–Trinajstić information content (AvgIpc) is 2.97. The molecule has 7 heteroatoms. The van der Waals surface area contributed by atoms with Crippen molar-refractivity contribution < 1.29 is 17.9 Å². The van der Waals surface area contributed by atoms with E-state index in [4.69, 9.17) is 15.4 Å². The van der Waals surface area contributed by atoms with Crippen molar-refractivity contribution in [2.24, 2.45) is 0 Å². The summed E-state index contributed by atoms with van der Waals surface area (Å²) in [5, 5.41) is 0. The van der Waals surface area contributed by atoms with Crippen LogP contribution in [0.2, 0.25) is 0 Å². The quantitative estimate of drug-likeness (QED) is 0.462. The highest BCUT2D eigenvalue weighted by Gasteiger charge is 2.34. The van der Waals surface area contributed by atoms with Gasteiger partial charge in [-0.15, -0.1) is 0 Å². The van der Waals surface area contributed by atoms with Gasteiger partial charge in [0.1, 0.15) is 10.5 Å². The SMILES string of the molecule is CCOC(=O)c1c(S(=O)(=O)Cl)c(C)n(-c2ccccc2)c1-c1ccccc1. The summed E-state index contributed by atoms with van der Waals surface area (Å²) in [6.45, 7) is 3.40. The highest BCUT2D eigenvalue weighted by atomic mass is 35.7. The van der Waals surface area contributed by atoms with Gasteiger partial charge in [-0.3, -0.25) is 0 Å². The Kier molecular flexibility index (Phi) is 5.39. The van der Waals surface area contributed by atoms with Gasteiger partial charge >= 0.3 is 5.97 Å². The van der Waals surface area contributed by atoms with E-state index in [0.717, 1.165) is 0 Å². The molecule has 0 saturated carbocycles. The Bertz CT molecular complexity index is 1070. The molecule has 3 aromatic rings. The van der Waals surface area contributed by atoms with E-state index in [1.165, 1.54) is 0 Å². The molecule has 0 saturated heterocycles. The van der Waals surface area contributed by atoms with Crippen LogP contribution in [0.15, 0.2) is 65.6 Å². The van der Waals surface area contributed by atoms with Gasteiger partial charge in [-0.1, -0.05) is 48.5 Å². The largest absolute Gasteiger partial charge is 0.462 e.